The molecule has 14 heavy (non-hydrogen) atoms. The van der Waals surface area contributed by atoms with Gasteiger partial charge in [-0.05, 0) is 24.0 Å². The summed E-state index contributed by atoms with van der Waals surface area (Å²) in [5, 5.41) is 0. The van der Waals surface area contributed by atoms with E-state index in [4.69, 9.17) is 0 Å². The van der Waals surface area contributed by atoms with E-state index >= 15 is 0 Å². The summed E-state index contributed by atoms with van der Waals surface area (Å²) in [7, 11) is 0. The van der Waals surface area contributed by atoms with E-state index in [0.29, 0.717) is 6.42 Å². The van der Waals surface area contributed by atoms with Crippen LogP contribution in [0, 0.1) is 0 Å². The molecule has 1 aromatic rings. The van der Waals surface area contributed by atoms with Gasteiger partial charge in [0.05, 0.1) is 4.88 Å². The molecule has 1 heterocycles. The van der Waals surface area contributed by atoms with E-state index in [-0.39, 0.29) is 11.2 Å². The van der Waals surface area contributed by atoms with Crippen molar-refractivity contribution in [2.75, 3.05) is 0 Å². The third-order valence-corrected chi connectivity index (χ3v) is 3.65. The molecule has 2 heteroatoms. The lowest BCUT2D eigenvalue weighted by atomic mass is 9.95. The lowest BCUT2D eigenvalue weighted by molar-refractivity contribution is 0.0985. The second-order valence-corrected chi connectivity index (χ2v) is 5.67. The van der Waals surface area contributed by atoms with Gasteiger partial charge in [0.2, 0.25) is 0 Å². The zero-order chi connectivity index (χ0) is 10.8. The van der Waals surface area contributed by atoms with Crippen molar-refractivity contribution in [3.05, 3.63) is 21.9 Å². The number of ketones is 1. The number of Topliss-reactive ketones (excluding diaryl/α,β-unsaturated/α-hetero) is 1. The zero-order valence-corrected chi connectivity index (χ0v) is 10.2. The first-order valence-electron chi connectivity index (χ1n) is 5.08. The molecule has 1 rings (SSSR count). The SMILES string of the molecule is CCCC(=O)c1ccc(C(C)(C)C)s1. The van der Waals surface area contributed by atoms with Gasteiger partial charge in [-0.3, -0.25) is 4.79 Å². The maximum absolute atomic E-state index is 11.6. The number of carbonyl (C=O) groups is 1. The van der Waals surface area contributed by atoms with E-state index < -0.39 is 0 Å². The molecule has 1 nitrogen and oxygen atoms in total. The topological polar surface area (TPSA) is 17.1 Å². The van der Waals surface area contributed by atoms with E-state index in [0.717, 1.165) is 11.3 Å². The largest absolute Gasteiger partial charge is 0.293 e. The Balaban J connectivity index is 2.83. The highest BCUT2D eigenvalue weighted by molar-refractivity contribution is 7.14. The molecule has 0 aliphatic heterocycles. The summed E-state index contributed by atoms with van der Waals surface area (Å²) in [6.45, 7) is 8.56. The van der Waals surface area contributed by atoms with Crippen molar-refractivity contribution in [3.63, 3.8) is 0 Å². The van der Waals surface area contributed by atoms with Crippen LogP contribution in [0.25, 0.3) is 0 Å². The van der Waals surface area contributed by atoms with Crippen molar-refractivity contribution < 1.29 is 4.79 Å². The summed E-state index contributed by atoms with van der Waals surface area (Å²) in [5.41, 5.74) is 0.162. The summed E-state index contributed by atoms with van der Waals surface area (Å²) in [4.78, 5) is 13.8. The molecule has 0 fully saturated rings. The van der Waals surface area contributed by atoms with E-state index in [2.05, 4.69) is 26.8 Å². The molecule has 0 aromatic carbocycles. The Morgan fingerprint density at radius 3 is 2.43 bits per heavy atom. The van der Waals surface area contributed by atoms with Crippen LogP contribution in [0.4, 0.5) is 0 Å². The van der Waals surface area contributed by atoms with Crippen LogP contribution < -0.4 is 0 Å². The Labute approximate surface area is 90.2 Å². The third-order valence-electron chi connectivity index (χ3n) is 2.10. The monoisotopic (exact) mass is 210 g/mol. The van der Waals surface area contributed by atoms with Gasteiger partial charge in [0.15, 0.2) is 5.78 Å². The van der Waals surface area contributed by atoms with E-state index in [9.17, 15) is 4.79 Å². The fourth-order valence-corrected chi connectivity index (χ4v) is 2.27. The van der Waals surface area contributed by atoms with Gasteiger partial charge in [0, 0.05) is 11.3 Å². The van der Waals surface area contributed by atoms with Crippen LogP contribution in [0.1, 0.15) is 55.1 Å². The predicted octanol–water partition coefficient (Wildman–Crippen LogP) is 4.03. The number of hydrogen-bond acceptors (Lipinski definition) is 2. The number of hydrogen-bond donors (Lipinski definition) is 0. The highest BCUT2D eigenvalue weighted by Crippen LogP contribution is 2.30. The van der Waals surface area contributed by atoms with Crippen molar-refractivity contribution >= 4 is 17.1 Å². The maximum Gasteiger partial charge on any atom is 0.172 e. The molecule has 0 saturated carbocycles. The molecular formula is C12H18OS. The van der Waals surface area contributed by atoms with Crippen molar-refractivity contribution in [1.29, 1.82) is 0 Å². The highest BCUT2D eigenvalue weighted by Gasteiger charge is 2.17. The van der Waals surface area contributed by atoms with Crippen LogP contribution >= 0.6 is 11.3 Å². The second-order valence-electron chi connectivity index (χ2n) is 4.59. The molecular weight excluding hydrogens is 192 g/mol. The van der Waals surface area contributed by atoms with Crippen LogP contribution in [-0.4, -0.2) is 5.78 Å². The fourth-order valence-electron chi connectivity index (χ4n) is 1.24. The summed E-state index contributed by atoms with van der Waals surface area (Å²) in [6.07, 6.45) is 1.60. The van der Waals surface area contributed by atoms with Crippen LogP contribution in [0.2, 0.25) is 0 Å². The molecule has 0 aliphatic carbocycles. The Kier molecular flexibility index (Phi) is 3.48. The van der Waals surface area contributed by atoms with Crippen LogP contribution in [0.15, 0.2) is 12.1 Å². The molecule has 0 bridgehead atoms. The number of thiophene rings is 1. The van der Waals surface area contributed by atoms with Crippen molar-refractivity contribution in [2.45, 2.75) is 46.0 Å². The van der Waals surface area contributed by atoms with Crippen LogP contribution in [0.5, 0.6) is 0 Å². The number of carbonyl (C=O) groups excluding carboxylic acids is 1. The average Bonchev–Trinajstić information content (AvgIpc) is 2.51. The Morgan fingerprint density at radius 2 is 2.00 bits per heavy atom. The molecule has 0 atom stereocenters. The van der Waals surface area contributed by atoms with E-state index in [1.807, 2.05) is 13.0 Å². The molecule has 1 aromatic heterocycles. The molecule has 0 amide bonds. The minimum Gasteiger partial charge on any atom is -0.293 e. The van der Waals surface area contributed by atoms with Crippen molar-refractivity contribution in [2.24, 2.45) is 0 Å². The summed E-state index contributed by atoms with van der Waals surface area (Å²) in [6, 6.07) is 4.04. The van der Waals surface area contributed by atoms with E-state index in [1.54, 1.807) is 11.3 Å². The first-order valence-corrected chi connectivity index (χ1v) is 5.90. The maximum atomic E-state index is 11.6. The molecule has 0 radical (unpaired) electrons. The molecule has 0 unspecified atom stereocenters. The Hall–Kier alpha value is -0.630. The lowest BCUT2D eigenvalue weighted by Crippen LogP contribution is -2.07. The smallest absolute Gasteiger partial charge is 0.172 e. The molecule has 78 valence electrons. The van der Waals surface area contributed by atoms with Gasteiger partial charge in [0.1, 0.15) is 0 Å². The van der Waals surface area contributed by atoms with Crippen LogP contribution in [-0.2, 0) is 5.41 Å². The third kappa shape index (κ3) is 2.68. The minimum absolute atomic E-state index is 0.162. The minimum atomic E-state index is 0.162. The second kappa shape index (κ2) is 4.26. The van der Waals surface area contributed by atoms with Gasteiger partial charge in [-0.1, -0.05) is 27.7 Å². The first kappa shape index (κ1) is 11.4. The Bertz CT molecular complexity index is 317. The van der Waals surface area contributed by atoms with E-state index in [1.165, 1.54) is 4.88 Å². The lowest BCUT2D eigenvalue weighted by Gasteiger charge is -2.15. The molecule has 0 saturated heterocycles. The average molecular weight is 210 g/mol. The summed E-state index contributed by atoms with van der Waals surface area (Å²) >= 11 is 1.64. The first-order chi connectivity index (χ1) is 6.45. The Morgan fingerprint density at radius 1 is 1.36 bits per heavy atom. The van der Waals surface area contributed by atoms with Crippen LogP contribution in [0.3, 0.4) is 0 Å². The molecule has 0 spiro atoms. The predicted molar refractivity (Wildman–Crippen MR) is 62.3 cm³/mol. The van der Waals surface area contributed by atoms with Gasteiger partial charge in [-0.25, -0.2) is 0 Å². The summed E-state index contributed by atoms with van der Waals surface area (Å²) in [5.74, 6) is 0.285. The van der Waals surface area contributed by atoms with Crippen molar-refractivity contribution in [3.8, 4) is 0 Å². The van der Waals surface area contributed by atoms with Gasteiger partial charge in [-0.15, -0.1) is 11.3 Å². The zero-order valence-electron chi connectivity index (χ0n) is 9.39. The molecule has 0 aliphatic rings. The van der Waals surface area contributed by atoms with Gasteiger partial charge < -0.3 is 0 Å². The highest BCUT2D eigenvalue weighted by atomic mass is 32.1. The quantitative estimate of drug-likeness (QED) is 0.688. The van der Waals surface area contributed by atoms with Gasteiger partial charge in [-0.2, -0.15) is 0 Å². The summed E-state index contributed by atoms with van der Waals surface area (Å²) < 4.78 is 0. The van der Waals surface area contributed by atoms with Crippen molar-refractivity contribution in [1.82, 2.24) is 0 Å². The van der Waals surface area contributed by atoms with Gasteiger partial charge in [0.25, 0.3) is 0 Å². The number of rotatable bonds is 3. The fraction of sp³-hybridized carbons (Fsp3) is 0.583. The standard InChI is InChI=1S/C12H18OS/c1-5-6-9(13)10-7-8-11(14-10)12(2,3)4/h7-8H,5-6H2,1-4H3. The normalized spacial score (nSPS) is 11.7. The van der Waals surface area contributed by atoms with Gasteiger partial charge >= 0.3 is 0 Å². The molecule has 0 N–H and O–H groups in total.